The molecule has 0 aliphatic carbocycles. The number of nitrogens with one attached hydrogen (secondary N) is 1. The van der Waals surface area contributed by atoms with Gasteiger partial charge in [-0.15, -0.1) is 0 Å². The molecule has 0 amide bonds. The molecular weight excluding hydrogens is 247 g/mol. The zero-order valence-electron chi connectivity index (χ0n) is 8.17. The van der Waals surface area contributed by atoms with E-state index in [9.17, 15) is 5.11 Å². The normalized spacial score (nSPS) is 10.4. The Morgan fingerprint density at radius 2 is 2.12 bits per heavy atom. The minimum Gasteiger partial charge on any atom is -0.506 e. The maximum atomic E-state index is 9.80. The Morgan fingerprint density at radius 3 is 2.75 bits per heavy atom. The fraction of sp³-hybridized carbons (Fsp3) is 0. The number of rotatable bonds is 2. The number of hydrogen-bond donors (Lipinski definition) is 2. The molecule has 0 fully saturated rings. The van der Waals surface area contributed by atoms with E-state index in [1.807, 2.05) is 0 Å². The molecule has 1 aromatic carbocycles. The van der Waals surface area contributed by atoms with E-state index < -0.39 is 0 Å². The van der Waals surface area contributed by atoms with Gasteiger partial charge in [-0.2, -0.15) is 0 Å². The second-order valence-corrected chi connectivity index (χ2v) is 4.04. The van der Waals surface area contributed by atoms with Gasteiger partial charge in [-0.3, -0.25) is 0 Å². The topological polar surface area (TPSA) is 48.9 Å². The van der Waals surface area contributed by atoms with Crippen LogP contribution in [0.2, 0.25) is 10.0 Å². The van der Waals surface area contributed by atoms with Gasteiger partial charge in [0.1, 0.15) is 11.6 Å². The van der Waals surface area contributed by atoms with Crippen LogP contribution in [0, 0.1) is 0 Å². The quantitative estimate of drug-likeness (QED) is 0.862. The van der Waals surface area contributed by atoms with Gasteiger partial charge in [-0.1, -0.05) is 29.8 Å². The largest absolute Gasteiger partial charge is 0.506 e. The SMILES string of the molecule is C=C(c1ncc[nH]1)c1cc(Cl)cc(Cl)c1O. The van der Waals surface area contributed by atoms with Crippen LogP contribution in [0.4, 0.5) is 0 Å². The Kier molecular flexibility index (Phi) is 2.90. The number of phenolic OH excluding ortho intramolecular Hbond substituents is 1. The van der Waals surface area contributed by atoms with Gasteiger partial charge < -0.3 is 10.1 Å². The molecule has 0 bridgehead atoms. The molecule has 2 N–H and O–H groups in total. The first-order valence-corrected chi connectivity index (χ1v) is 5.22. The third-order valence-corrected chi connectivity index (χ3v) is 2.64. The van der Waals surface area contributed by atoms with E-state index in [-0.39, 0.29) is 10.8 Å². The number of aromatic hydroxyl groups is 1. The third kappa shape index (κ3) is 1.92. The zero-order valence-corrected chi connectivity index (χ0v) is 9.68. The molecule has 5 heteroatoms. The van der Waals surface area contributed by atoms with Crippen molar-refractivity contribution in [3.05, 3.63) is 52.5 Å². The second kappa shape index (κ2) is 4.20. The first-order chi connectivity index (χ1) is 7.59. The number of hydrogen-bond acceptors (Lipinski definition) is 2. The van der Waals surface area contributed by atoms with E-state index in [1.165, 1.54) is 6.07 Å². The minimum atomic E-state index is -0.0486. The van der Waals surface area contributed by atoms with Crippen molar-refractivity contribution in [3.63, 3.8) is 0 Å². The van der Waals surface area contributed by atoms with Crippen molar-refractivity contribution < 1.29 is 5.11 Å². The number of aromatic amines is 1. The van der Waals surface area contributed by atoms with Crippen LogP contribution in [-0.4, -0.2) is 15.1 Å². The molecule has 0 aliphatic rings. The third-order valence-electron chi connectivity index (χ3n) is 2.14. The van der Waals surface area contributed by atoms with Crippen molar-refractivity contribution in [2.75, 3.05) is 0 Å². The molecule has 1 heterocycles. The highest BCUT2D eigenvalue weighted by Gasteiger charge is 2.13. The molecule has 0 saturated carbocycles. The Balaban J connectivity index is 2.52. The van der Waals surface area contributed by atoms with Gasteiger partial charge >= 0.3 is 0 Å². The van der Waals surface area contributed by atoms with E-state index in [2.05, 4.69) is 16.5 Å². The molecule has 0 saturated heterocycles. The summed E-state index contributed by atoms with van der Waals surface area (Å²) < 4.78 is 0. The zero-order chi connectivity index (χ0) is 11.7. The molecule has 0 atom stereocenters. The van der Waals surface area contributed by atoms with Crippen LogP contribution in [0.25, 0.3) is 5.57 Å². The van der Waals surface area contributed by atoms with Crippen LogP contribution in [0.3, 0.4) is 0 Å². The molecule has 0 unspecified atom stereocenters. The number of nitrogens with zero attached hydrogens (tertiary/aromatic N) is 1. The highest BCUT2D eigenvalue weighted by molar-refractivity contribution is 6.36. The van der Waals surface area contributed by atoms with Crippen LogP contribution >= 0.6 is 23.2 Å². The van der Waals surface area contributed by atoms with Crippen molar-refractivity contribution in [3.8, 4) is 5.75 Å². The lowest BCUT2D eigenvalue weighted by atomic mass is 10.1. The summed E-state index contributed by atoms with van der Waals surface area (Å²) in [5, 5.41) is 10.4. The predicted octanol–water partition coefficient (Wildman–Crippen LogP) is 3.48. The van der Waals surface area contributed by atoms with Crippen molar-refractivity contribution in [2.45, 2.75) is 0 Å². The first-order valence-electron chi connectivity index (χ1n) is 4.46. The van der Waals surface area contributed by atoms with Crippen molar-refractivity contribution in [2.24, 2.45) is 0 Å². The number of H-pyrrole nitrogens is 1. The second-order valence-electron chi connectivity index (χ2n) is 3.20. The summed E-state index contributed by atoms with van der Waals surface area (Å²) in [7, 11) is 0. The molecule has 16 heavy (non-hydrogen) atoms. The Hall–Kier alpha value is -1.45. The average Bonchev–Trinajstić information content (AvgIpc) is 2.75. The fourth-order valence-corrected chi connectivity index (χ4v) is 1.85. The highest BCUT2D eigenvalue weighted by atomic mass is 35.5. The molecule has 0 spiro atoms. The van der Waals surface area contributed by atoms with Gasteiger partial charge in [0.05, 0.1) is 5.02 Å². The number of imidazole rings is 1. The molecule has 2 rings (SSSR count). The van der Waals surface area contributed by atoms with Gasteiger partial charge in [0, 0.05) is 28.6 Å². The molecule has 0 radical (unpaired) electrons. The van der Waals surface area contributed by atoms with Gasteiger partial charge in [0.25, 0.3) is 0 Å². The maximum Gasteiger partial charge on any atom is 0.142 e. The summed E-state index contributed by atoms with van der Waals surface area (Å²) in [5.41, 5.74) is 0.999. The van der Waals surface area contributed by atoms with Gasteiger partial charge in [0.2, 0.25) is 0 Å². The van der Waals surface area contributed by atoms with E-state index in [0.717, 1.165) is 0 Å². The van der Waals surface area contributed by atoms with Crippen LogP contribution < -0.4 is 0 Å². The molecule has 3 nitrogen and oxygen atoms in total. The van der Waals surface area contributed by atoms with Gasteiger partial charge in [-0.25, -0.2) is 4.98 Å². The van der Waals surface area contributed by atoms with Crippen LogP contribution in [0.5, 0.6) is 5.75 Å². The number of halogens is 2. The lowest BCUT2D eigenvalue weighted by molar-refractivity contribution is 0.474. The molecule has 82 valence electrons. The summed E-state index contributed by atoms with van der Waals surface area (Å²) in [6.45, 7) is 3.84. The van der Waals surface area contributed by atoms with E-state index in [4.69, 9.17) is 23.2 Å². The van der Waals surface area contributed by atoms with Crippen molar-refractivity contribution >= 4 is 28.8 Å². The molecule has 0 aliphatic heterocycles. The predicted molar refractivity (Wildman–Crippen MR) is 64.9 cm³/mol. The summed E-state index contributed by atoms with van der Waals surface area (Å²) in [6, 6.07) is 3.06. The fourth-order valence-electron chi connectivity index (χ4n) is 1.35. The van der Waals surface area contributed by atoms with Crippen molar-refractivity contribution in [1.29, 1.82) is 0 Å². The summed E-state index contributed by atoms with van der Waals surface area (Å²) in [5.74, 6) is 0.515. The first kappa shape index (κ1) is 11.0. The molecule has 2 aromatic rings. The Morgan fingerprint density at radius 1 is 1.38 bits per heavy atom. The van der Waals surface area contributed by atoms with E-state index in [1.54, 1.807) is 18.5 Å². The lowest BCUT2D eigenvalue weighted by Gasteiger charge is -2.08. The average molecular weight is 255 g/mol. The highest BCUT2D eigenvalue weighted by Crippen LogP contribution is 2.36. The number of phenols is 1. The minimum absolute atomic E-state index is 0.0486. The van der Waals surface area contributed by atoms with E-state index in [0.29, 0.717) is 22.0 Å². The van der Waals surface area contributed by atoms with Gasteiger partial charge in [-0.05, 0) is 12.1 Å². The van der Waals surface area contributed by atoms with Crippen LogP contribution in [-0.2, 0) is 0 Å². The number of benzene rings is 1. The molecular formula is C11H8Cl2N2O. The monoisotopic (exact) mass is 254 g/mol. The Bertz CT molecular complexity index is 535. The smallest absolute Gasteiger partial charge is 0.142 e. The summed E-state index contributed by atoms with van der Waals surface area (Å²) in [4.78, 5) is 6.93. The number of aromatic nitrogens is 2. The summed E-state index contributed by atoms with van der Waals surface area (Å²) in [6.07, 6.45) is 3.27. The maximum absolute atomic E-state index is 9.80. The van der Waals surface area contributed by atoms with E-state index >= 15 is 0 Å². The van der Waals surface area contributed by atoms with Crippen molar-refractivity contribution in [1.82, 2.24) is 9.97 Å². The van der Waals surface area contributed by atoms with Gasteiger partial charge in [0.15, 0.2) is 0 Å². The Labute approximate surface area is 102 Å². The lowest BCUT2D eigenvalue weighted by Crippen LogP contribution is -1.90. The standard InChI is InChI=1S/C11H8Cl2N2O/c1-6(11-14-2-3-15-11)8-4-7(12)5-9(13)10(8)16/h2-5,16H,1H2,(H,14,15). The summed E-state index contributed by atoms with van der Waals surface area (Å²) >= 11 is 11.7. The van der Waals surface area contributed by atoms with Crippen LogP contribution in [0.1, 0.15) is 11.4 Å². The van der Waals surface area contributed by atoms with Crippen LogP contribution in [0.15, 0.2) is 31.1 Å². The molecule has 1 aromatic heterocycles.